The second-order valence-electron chi connectivity index (χ2n) is 17.0. The van der Waals surface area contributed by atoms with Crippen molar-refractivity contribution in [2.75, 3.05) is 4.90 Å². The summed E-state index contributed by atoms with van der Waals surface area (Å²) >= 11 is 0. The molecule has 0 aliphatic rings. The van der Waals surface area contributed by atoms with Gasteiger partial charge in [0.05, 0.1) is 16.7 Å². The third kappa shape index (κ3) is 6.95. The van der Waals surface area contributed by atoms with Crippen LogP contribution in [0, 0.1) is 6.92 Å². The Morgan fingerprint density at radius 3 is 1.79 bits per heavy atom. The van der Waals surface area contributed by atoms with Gasteiger partial charge in [0.2, 0.25) is 0 Å². The summed E-state index contributed by atoms with van der Waals surface area (Å²) in [6, 6.07) is 89.2. The molecule has 0 amide bonds. The average Bonchev–Trinajstić information content (AvgIpc) is 3.92. The summed E-state index contributed by atoms with van der Waals surface area (Å²) in [6.07, 6.45) is 0. The fraction of sp³-hybridized carbons (Fsp3) is 0.0159. The summed E-state index contributed by atoms with van der Waals surface area (Å²) in [5.41, 5.74) is 14.7. The van der Waals surface area contributed by atoms with E-state index in [1.807, 2.05) is 30.3 Å². The minimum absolute atomic E-state index is 0.899. The molecule has 13 rings (SSSR count). The average molecular weight is 845 g/mol. The first-order chi connectivity index (χ1) is 32.6. The normalized spacial score (nSPS) is 11.4. The summed E-state index contributed by atoms with van der Waals surface area (Å²) in [5, 5.41) is 9.55. The number of rotatable bonds is 6. The molecular weight excluding hydrogens is 801 g/mol. The summed E-state index contributed by atoms with van der Waals surface area (Å²) in [5.74, 6) is 0. The molecule has 0 aliphatic carbocycles. The van der Waals surface area contributed by atoms with Gasteiger partial charge in [-0.05, 0) is 118 Å². The first kappa shape index (κ1) is 39.0. The largest absolute Gasteiger partial charge is 0.456 e. The van der Waals surface area contributed by atoms with Crippen molar-refractivity contribution in [2.24, 2.45) is 0 Å². The molecule has 0 aliphatic heterocycles. The number of anilines is 3. The molecule has 2 heterocycles. The maximum Gasteiger partial charge on any atom is 0.135 e. The SMILES string of the molecule is Cc1ccccc1.c1cc(-c2ccccc2-c2ccc3c(c2)c2ccccc2n3-c2ccc3oc4ccccc4c3c2)cc(N(c2ccc3ccccc3c2)c2cccc3ccccc23)c1. The third-order valence-corrected chi connectivity index (χ3v) is 12.9. The molecule has 0 spiro atoms. The number of aromatic nitrogens is 1. The van der Waals surface area contributed by atoms with E-state index in [0.29, 0.717) is 0 Å². The number of nitrogens with zero attached hydrogens (tertiary/aromatic N) is 2. The number of hydrogen-bond donors (Lipinski definition) is 0. The summed E-state index contributed by atoms with van der Waals surface area (Å²) in [4.78, 5) is 2.41. The second kappa shape index (κ2) is 16.5. The van der Waals surface area contributed by atoms with Gasteiger partial charge < -0.3 is 13.9 Å². The van der Waals surface area contributed by atoms with Crippen molar-refractivity contribution >= 4 is 82.4 Å². The Labute approximate surface area is 383 Å². The van der Waals surface area contributed by atoms with Gasteiger partial charge in [0, 0.05) is 44.0 Å². The Morgan fingerprint density at radius 1 is 0.348 bits per heavy atom. The molecule has 0 atom stereocenters. The fourth-order valence-corrected chi connectivity index (χ4v) is 9.75. The highest BCUT2D eigenvalue weighted by Crippen LogP contribution is 2.43. The Kier molecular flexibility index (Phi) is 9.73. The number of hydrogen-bond acceptors (Lipinski definition) is 2. The van der Waals surface area contributed by atoms with Gasteiger partial charge in [-0.15, -0.1) is 0 Å². The predicted octanol–water partition coefficient (Wildman–Crippen LogP) is 17.8. The lowest BCUT2D eigenvalue weighted by Gasteiger charge is -2.28. The molecule has 13 aromatic rings. The maximum absolute atomic E-state index is 6.20. The van der Waals surface area contributed by atoms with Crippen molar-refractivity contribution in [3.8, 4) is 27.9 Å². The van der Waals surface area contributed by atoms with E-state index in [2.05, 4.69) is 235 Å². The monoisotopic (exact) mass is 844 g/mol. The van der Waals surface area contributed by atoms with Crippen LogP contribution < -0.4 is 4.90 Å². The Hall–Kier alpha value is -8.66. The molecule has 0 N–H and O–H groups in total. The first-order valence-corrected chi connectivity index (χ1v) is 22.6. The molecular formula is C63H44N2O. The molecule has 0 saturated carbocycles. The van der Waals surface area contributed by atoms with Gasteiger partial charge >= 0.3 is 0 Å². The van der Waals surface area contributed by atoms with Crippen LogP contribution in [0.25, 0.3) is 93.2 Å². The van der Waals surface area contributed by atoms with Crippen LogP contribution in [-0.4, -0.2) is 4.57 Å². The quantitative estimate of drug-likeness (QED) is 0.166. The molecule has 0 unspecified atom stereocenters. The van der Waals surface area contributed by atoms with Crippen LogP contribution in [0.2, 0.25) is 0 Å². The highest BCUT2D eigenvalue weighted by molar-refractivity contribution is 6.12. The van der Waals surface area contributed by atoms with E-state index in [0.717, 1.165) is 50.3 Å². The van der Waals surface area contributed by atoms with Crippen molar-refractivity contribution in [3.05, 3.63) is 254 Å². The zero-order valence-electron chi connectivity index (χ0n) is 36.5. The summed E-state index contributed by atoms with van der Waals surface area (Å²) < 4.78 is 8.59. The van der Waals surface area contributed by atoms with Crippen molar-refractivity contribution in [1.29, 1.82) is 0 Å². The van der Waals surface area contributed by atoms with Crippen LogP contribution in [0.15, 0.2) is 253 Å². The Bertz CT molecular complexity index is 3910. The van der Waals surface area contributed by atoms with E-state index in [4.69, 9.17) is 4.42 Å². The van der Waals surface area contributed by atoms with Crippen LogP contribution in [0.5, 0.6) is 0 Å². The maximum atomic E-state index is 6.20. The molecule has 2 aromatic heterocycles. The van der Waals surface area contributed by atoms with Gasteiger partial charge in [-0.3, -0.25) is 0 Å². The summed E-state index contributed by atoms with van der Waals surface area (Å²) in [7, 11) is 0. The van der Waals surface area contributed by atoms with Crippen molar-refractivity contribution < 1.29 is 4.42 Å². The molecule has 0 saturated heterocycles. The second-order valence-corrected chi connectivity index (χ2v) is 17.0. The number of aryl methyl sites for hydroxylation is 1. The van der Waals surface area contributed by atoms with E-state index < -0.39 is 0 Å². The number of para-hydroxylation sites is 2. The highest BCUT2D eigenvalue weighted by atomic mass is 16.3. The lowest BCUT2D eigenvalue weighted by molar-refractivity contribution is 0.669. The van der Waals surface area contributed by atoms with Crippen LogP contribution in [0.3, 0.4) is 0 Å². The van der Waals surface area contributed by atoms with Gasteiger partial charge in [0.1, 0.15) is 11.2 Å². The zero-order chi connectivity index (χ0) is 44.0. The molecule has 11 aromatic carbocycles. The van der Waals surface area contributed by atoms with Gasteiger partial charge in [0.25, 0.3) is 0 Å². The standard InChI is InChI=1S/C56H36N2O.C7H8/c1-2-15-39-33-43(29-27-37(39)13-1)57(52-25-12-16-38-14-3-4-21-47(38)52)42-18-11-17-40(34-42)45-19-5-6-20-46(45)41-28-31-54-50(35-41)48-22-7-9-24-53(48)58(54)44-30-32-56-51(36-44)49-23-8-10-26-55(49)59-56;1-7-5-3-2-4-6-7/h1-36H;2-6H,1H3. The lowest BCUT2D eigenvalue weighted by atomic mass is 9.93. The smallest absolute Gasteiger partial charge is 0.135 e. The molecule has 312 valence electrons. The molecule has 0 radical (unpaired) electrons. The molecule has 3 nitrogen and oxygen atoms in total. The number of furan rings is 1. The fourth-order valence-electron chi connectivity index (χ4n) is 9.75. The van der Waals surface area contributed by atoms with Crippen LogP contribution in [0.4, 0.5) is 17.1 Å². The topological polar surface area (TPSA) is 21.3 Å². The highest BCUT2D eigenvalue weighted by Gasteiger charge is 2.19. The lowest BCUT2D eigenvalue weighted by Crippen LogP contribution is -2.10. The van der Waals surface area contributed by atoms with E-state index in [9.17, 15) is 0 Å². The Morgan fingerprint density at radius 2 is 0.970 bits per heavy atom. The number of benzene rings is 11. The van der Waals surface area contributed by atoms with E-state index in [-0.39, 0.29) is 0 Å². The van der Waals surface area contributed by atoms with Crippen LogP contribution in [-0.2, 0) is 0 Å². The minimum Gasteiger partial charge on any atom is -0.456 e. The zero-order valence-corrected chi connectivity index (χ0v) is 36.5. The summed E-state index contributed by atoms with van der Waals surface area (Å²) in [6.45, 7) is 2.08. The minimum atomic E-state index is 0.899. The van der Waals surface area contributed by atoms with Gasteiger partial charge in [-0.2, -0.15) is 0 Å². The first-order valence-electron chi connectivity index (χ1n) is 22.6. The van der Waals surface area contributed by atoms with E-state index in [1.165, 1.54) is 65.6 Å². The van der Waals surface area contributed by atoms with Gasteiger partial charge in [-0.1, -0.05) is 181 Å². The number of fused-ring (bicyclic) bond motifs is 8. The molecule has 66 heavy (non-hydrogen) atoms. The molecule has 0 fully saturated rings. The molecule has 0 bridgehead atoms. The van der Waals surface area contributed by atoms with Crippen molar-refractivity contribution in [3.63, 3.8) is 0 Å². The van der Waals surface area contributed by atoms with Gasteiger partial charge in [0.15, 0.2) is 0 Å². The van der Waals surface area contributed by atoms with Crippen molar-refractivity contribution in [1.82, 2.24) is 4.57 Å². The van der Waals surface area contributed by atoms with Crippen LogP contribution >= 0.6 is 0 Å². The van der Waals surface area contributed by atoms with Crippen molar-refractivity contribution in [2.45, 2.75) is 6.92 Å². The van der Waals surface area contributed by atoms with Crippen LogP contribution in [0.1, 0.15) is 5.56 Å². The Balaban J connectivity index is 0.000000599. The third-order valence-electron chi connectivity index (χ3n) is 12.9. The van der Waals surface area contributed by atoms with E-state index in [1.54, 1.807) is 0 Å². The van der Waals surface area contributed by atoms with E-state index >= 15 is 0 Å². The molecule has 3 heteroatoms. The predicted molar refractivity (Wildman–Crippen MR) is 280 cm³/mol. The van der Waals surface area contributed by atoms with Gasteiger partial charge in [-0.25, -0.2) is 0 Å².